The molecule has 1 atom stereocenters. The van der Waals surface area contributed by atoms with Crippen LogP contribution in [0, 0.1) is 0 Å². The standard InChI is InChI=1S/C17H20N4O3/c1-12(21-9-6-13-4-2-3-5-14(13)21)10-18-16(23)11-20-8-7-15(22)19-17(20)24/h2-5,7-8,12H,6,9-11H2,1H3,(H,18,23)(H,19,22,24)/t12-/m1/s1. The van der Waals surface area contributed by atoms with Crippen LogP contribution in [-0.4, -0.2) is 34.6 Å². The summed E-state index contributed by atoms with van der Waals surface area (Å²) in [4.78, 5) is 39.0. The van der Waals surface area contributed by atoms with Crippen LogP contribution in [0.2, 0.25) is 0 Å². The minimum absolute atomic E-state index is 0.112. The van der Waals surface area contributed by atoms with Crippen molar-refractivity contribution in [1.29, 1.82) is 0 Å². The summed E-state index contributed by atoms with van der Waals surface area (Å²) in [5.41, 5.74) is 1.49. The van der Waals surface area contributed by atoms with Gasteiger partial charge in [-0.3, -0.25) is 19.1 Å². The Morgan fingerprint density at radius 3 is 2.88 bits per heavy atom. The summed E-state index contributed by atoms with van der Waals surface area (Å²) < 4.78 is 1.17. The Morgan fingerprint density at radius 2 is 2.08 bits per heavy atom. The lowest BCUT2D eigenvalue weighted by Crippen LogP contribution is -2.43. The molecule has 1 aromatic carbocycles. The van der Waals surface area contributed by atoms with Gasteiger partial charge >= 0.3 is 5.69 Å². The number of fused-ring (bicyclic) bond motifs is 1. The van der Waals surface area contributed by atoms with Gasteiger partial charge in [-0.15, -0.1) is 0 Å². The fourth-order valence-electron chi connectivity index (χ4n) is 2.97. The van der Waals surface area contributed by atoms with Crippen LogP contribution < -0.4 is 21.5 Å². The van der Waals surface area contributed by atoms with Crippen molar-refractivity contribution in [2.45, 2.75) is 25.9 Å². The van der Waals surface area contributed by atoms with Gasteiger partial charge in [0.2, 0.25) is 5.91 Å². The molecule has 0 saturated heterocycles. The molecule has 7 heteroatoms. The van der Waals surface area contributed by atoms with Crippen molar-refractivity contribution in [3.63, 3.8) is 0 Å². The van der Waals surface area contributed by atoms with Crippen molar-refractivity contribution in [3.8, 4) is 0 Å². The first-order valence-electron chi connectivity index (χ1n) is 7.95. The SMILES string of the molecule is C[C@H](CNC(=O)Cn1ccc(=O)[nH]c1=O)N1CCc2ccccc21. The largest absolute Gasteiger partial charge is 0.366 e. The van der Waals surface area contributed by atoms with Crippen LogP contribution in [0.15, 0.2) is 46.1 Å². The quantitative estimate of drug-likeness (QED) is 0.815. The summed E-state index contributed by atoms with van der Waals surface area (Å²) in [5, 5.41) is 2.85. The molecule has 2 heterocycles. The molecule has 2 aromatic rings. The summed E-state index contributed by atoms with van der Waals surface area (Å²) >= 11 is 0. The van der Waals surface area contributed by atoms with E-state index in [4.69, 9.17) is 0 Å². The molecule has 1 aliphatic rings. The number of amides is 1. The van der Waals surface area contributed by atoms with Crippen LogP contribution in [0.25, 0.3) is 0 Å². The average Bonchev–Trinajstić information content (AvgIpc) is 2.99. The highest BCUT2D eigenvalue weighted by Crippen LogP contribution is 2.28. The first kappa shape index (κ1) is 16.0. The number of para-hydroxylation sites is 1. The Kier molecular flexibility index (Phi) is 4.50. The zero-order valence-corrected chi connectivity index (χ0v) is 13.5. The van der Waals surface area contributed by atoms with E-state index in [2.05, 4.69) is 34.3 Å². The van der Waals surface area contributed by atoms with Crippen LogP contribution in [-0.2, 0) is 17.8 Å². The van der Waals surface area contributed by atoms with Gasteiger partial charge in [-0.25, -0.2) is 4.79 Å². The number of H-pyrrole nitrogens is 1. The van der Waals surface area contributed by atoms with Crippen LogP contribution in [0.5, 0.6) is 0 Å². The van der Waals surface area contributed by atoms with E-state index in [1.54, 1.807) is 0 Å². The van der Waals surface area contributed by atoms with Crippen molar-refractivity contribution in [2.24, 2.45) is 0 Å². The number of rotatable bonds is 5. The van der Waals surface area contributed by atoms with Crippen molar-refractivity contribution >= 4 is 11.6 Å². The molecule has 3 rings (SSSR count). The zero-order valence-electron chi connectivity index (χ0n) is 13.5. The zero-order chi connectivity index (χ0) is 17.1. The maximum atomic E-state index is 12.0. The third-order valence-corrected chi connectivity index (χ3v) is 4.26. The molecule has 0 bridgehead atoms. The van der Waals surface area contributed by atoms with Gasteiger partial charge in [-0.05, 0) is 25.0 Å². The van der Waals surface area contributed by atoms with Crippen molar-refractivity contribution in [1.82, 2.24) is 14.9 Å². The molecule has 2 N–H and O–H groups in total. The predicted octanol–water partition coefficient (Wildman–Crippen LogP) is 0.104. The second-order valence-electron chi connectivity index (χ2n) is 5.96. The van der Waals surface area contributed by atoms with Gasteiger partial charge in [0.05, 0.1) is 0 Å². The van der Waals surface area contributed by atoms with Gasteiger partial charge in [-0.1, -0.05) is 18.2 Å². The third kappa shape index (κ3) is 3.40. The average molecular weight is 328 g/mol. The highest BCUT2D eigenvalue weighted by atomic mass is 16.2. The van der Waals surface area contributed by atoms with E-state index < -0.39 is 11.2 Å². The summed E-state index contributed by atoms with van der Waals surface area (Å²) in [6.07, 6.45) is 2.34. The minimum atomic E-state index is -0.584. The molecule has 1 aliphatic heterocycles. The molecule has 1 amide bonds. The Hall–Kier alpha value is -2.83. The summed E-state index contributed by atoms with van der Waals surface area (Å²) in [6, 6.07) is 9.66. The predicted molar refractivity (Wildman–Crippen MR) is 91.3 cm³/mol. The Bertz CT molecular complexity index is 855. The Balaban J connectivity index is 1.57. The van der Waals surface area contributed by atoms with Crippen molar-refractivity contribution < 1.29 is 4.79 Å². The number of anilines is 1. The second-order valence-corrected chi connectivity index (χ2v) is 5.96. The topological polar surface area (TPSA) is 87.2 Å². The van der Waals surface area contributed by atoms with Gasteiger partial charge in [-0.2, -0.15) is 0 Å². The molecule has 0 aliphatic carbocycles. The Labute approximate surface area is 138 Å². The van der Waals surface area contributed by atoms with E-state index in [1.165, 1.54) is 28.1 Å². The molecule has 0 fully saturated rings. The molecular weight excluding hydrogens is 308 g/mol. The molecule has 0 unspecified atom stereocenters. The summed E-state index contributed by atoms with van der Waals surface area (Å²) in [7, 11) is 0. The van der Waals surface area contributed by atoms with Crippen LogP contribution in [0.4, 0.5) is 5.69 Å². The van der Waals surface area contributed by atoms with Crippen LogP contribution in [0.1, 0.15) is 12.5 Å². The van der Waals surface area contributed by atoms with E-state index in [0.717, 1.165) is 13.0 Å². The van der Waals surface area contributed by atoms with E-state index in [-0.39, 0.29) is 18.5 Å². The van der Waals surface area contributed by atoms with Gasteiger partial charge in [0.15, 0.2) is 0 Å². The van der Waals surface area contributed by atoms with E-state index in [1.807, 2.05) is 12.1 Å². The fraction of sp³-hybridized carbons (Fsp3) is 0.353. The van der Waals surface area contributed by atoms with Gasteiger partial charge in [0.25, 0.3) is 5.56 Å². The normalized spacial score (nSPS) is 14.3. The molecular formula is C17H20N4O3. The third-order valence-electron chi connectivity index (χ3n) is 4.26. The van der Waals surface area contributed by atoms with Gasteiger partial charge in [0, 0.05) is 37.1 Å². The number of carbonyl (C=O) groups excluding carboxylic acids is 1. The lowest BCUT2D eigenvalue weighted by Gasteiger charge is -2.27. The number of nitrogens with one attached hydrogen (secondary N) is 2. The Morgan fingerprint density at radius 1 is 1.29 bits per heavy atom. The van der Waals surface area contributed by atoms with Gasteiger partial charge < -0.3 is 10.2 Å². The number of aromatic nitrogens is 2. The number of aromatic amines is 1. The molecule has 24 heavy (non-hydrogen) atoms. The fourth-order valence-corrected chi connectivity index (χ4v) is 2.97. The highest BCUT2D eigenvalue weighted by Gasteiger charge is 2.23. The van der Waals surface area contributed by atoms with Crippen molar-refractivity contribution in [2.75, 3.05) is 18.0 Å². The lowest BCUT2D eigenvalue weighted by atomic mass is 10.2. The smallest absolute Gasteiger partial charge is 0.328 e. The minimum Gasteiger partial charge on any atom is -0.366 e. The molecule has 7 nitrogen and oxygen atoms in total. The second kappa shape index (κ2) is 6.74. The first-order chi connectivity index (χ1) is 11.5. The number of hydrogen-bond donors (Lipinski definition) is 2. The molecule has 126 valence electrons. The first-order valence-corrected chi connectivity index (χ1v) is 7.95. The number of nitrogens with zero attached hydrogens (tertiary/aromatic N) is 2. The summed E-state index contributed by atoms with van der Waals surface area (Å²) in [5.74, 6) is -0.261. The number of hydrogen-bond acceptors (Lipinski definition) is 4. The number of carbonyl (C=O) groups is 1. The highest BCUT2D eigenvalue weighted by molar-refractivity contribution is 5.75. The molecule has 0 spiro atoms. The molecule has 0 saturated carbocycles. The molecule has 1 aromatic heterocycles. The van der Waals surface area contributed by atoms with Crippen LogP contribution in [0.3, 0.4) is 0 Å². The van der Waals surface area contributed by atoms with Crippen LogP contribution >= 0.6 is 0 Å². The summed E-state index contributed by atoms with van der Waals surface area (Å²) in [6.45, 7) is 3.38. The van der Waals surface area contributed by atoms with E-state index in [9.17, 15) is 14.4 Å². The monoisotopic (exact) mass is 328 g/mol. The lowest BCUT2D eigenvalue weighted by molar-refractivity contribution is -0.121. The maximum absolute atomic E-state index is 12.0. The number of benzene rings is 1. The van der Waals surface area contributed by atoms with Gasteiger partial charge in [0.1, 0.15) is 6.54 Å². The van der Waals surface area contributed by atoms with Crippen molar-refractivity contribution in [3.05, 3.63) is 62.9 Å². The maximum Gasteiger partial charge on any atom is 0.328 e. The molecule has 0 radical (unpaired) electrons. The van der Waals surface area contributed by atoms with E-state index >= 15 is 0 Å². The van der Waals surface area contributed by atoms with E-state index in [0.29, 0.717) is 6.54 Å².